The molecule has 1 heterocycles. The van der Waals surface area contributed by atoms with Gasteiger partial charge in [-0.2, -0.15) is 0 Å². The second-order valence-electron chi connectivity index (χ2n) is 3.80. The van der Waals surface area contributed by atoms with E-state index in [1.807, 2.05) is 13.1 Å². The first-order valence-electron chi connectivity index (χ1n) is 3.79. The van der Waals surface area contributed by atoms with Gasteiger partial charge in [0.05, 0.1) is 5.69 Å². The molecule has 0 saturated heterocycles. The Kier molecular flexibility index (Phi) is 1.94. The Morgan fingerprint density at radius 3 is 2.27 bits per heavy atom. The highest BCUT2D eigenvalue weighted by molar-refractivity contribution is 5.20. The summed E-state index contributed by atoms with van der Waals surface area (Å²) in [6, 6.07) is 0. The van der Waals surface area contributed by atoms with Gasteiger partial charge in [-0.1, -0.05) is 20.8 Å². The maximum atomic E-state index is 4.24. The van der Waals surface area contributed by atoms with Gasteiger partial charge in [0.25, 0.3) is 0 Å². The van der Waals surface area contributed by atoms with Crippen molar-refractivity contribution in [1.82, 2.24) is 9.97 Å². The van der Waals surface area contributed by atoms with E-state index in [0.29, 0.717) is 0 Å². The molecule has 0 unspecified atom stereocenters. The monoisotopic (exact) mass is 150 g/mol. The lowest BCUT2D eigenvalue weighted by Crippen LogP contribution is -2.15. The quantitative estimate of drug-likeness (QED) is 0.566. The van der Waals surface area contributed by atoms with Crippen LogP contribution in [0.2, 0.25) is 0 Å². The Bertz CT molecular complexity index is 248. The number of aromatic nitrogens is 2. The fraction of sp³-hybridized carbons (Fsp3) is 0.556. The average molecular weight is 150 g/mol. The van der Waals surface area contributed by atoms with Crippen molar-refractivity contribution in [3.63, 3.8) is 0 Å². The minimum Gasteiger partial charge on any atom is -0.245 e. The molecule has 11 heavy (non-hydrogen) atoms. The van der Waals surface area contributed by atoms with Gasteiger partial charge in [0.1, 0.15) is 6.33 Å². The SMILES string of the molecule is Cc1cncnc1C(C)(C)C. The van der Waals surface area contributed by atoms with Gasteiger partial charge in [0, 0.05) is 11.6 Å². The molecule has 0 N–H and O–H groups in total. The Hall–Kier alpha value is -0.920. The average Bonchev–Trinajstić information content (AvgIpc) is 1.86. The second-order valence-corrected chi connectivity index (χ2v) is 3.80. The van der Waals surface area contributed by atoms with E-state index in [1.54, 1.807) is 6.33 Å². The van der Waals surface area contributed by atoms with Gasteiger partial charge in [-0.3, -0.25) is 0 Å². The van der Waals surface area contributed by atoms with Crippen molar-refractivity contribution < 1.29 is 0 Å². The maximum absolute atomic E-state index is 4.24. The fourth-order valence-corrected chi connectivity index (χ4v) is 1.18. The molecule has 0 aliphatic carbocycles. The molecule has 0 atom stereocenters. The van der Waals surface area contributed by atoms with Crippen LogP contribution < -0.4 is 0 Å². The van der Waals surface area contributed by atoms with E-state index in [9.17, 15) is 0 Å². The molecule has 2 heteroatoms. The Morgan fingerprint density at radius 2 is 1.91 bits per heavy atom. The lowest BCUT2D eigenvalue weighted by molar-refractivity contribution is 0.562. The first-order valence-corrected chi connectivity index (χ1v) is 3.79. The molecule has 60 valence electrons. The third-order valence-electron chi connectivity index (χ3n) is 1.61. The van der Waals surface area contributed by atoms with Crippen LogP contribution in [0, 0.1) is 6.92 Å². The summed E-state index contributed by atoms with van der Waals surface area (Å²) < 4.78 is 0. The summed E-state index contributed by atoms with van der Waals surface area (Å²) in [7, 11) is 0. The molecule has 0 spiro atoms. The molecule has 0 fully saturated rings. The first kappa shape index (κ1) is 8.18. The van der Waals surface area contributed by atoms with Gasteiger partial charge < -0.3 is 0 Å². The van der Waals surface area contributed by atoms with Crippen LogP contribution in [0.15, 0.2) is 12.5 Å². The van der Waals surface area contributed by atoms with Crippen molar-refractivity contribution >= 4 is 0 Å². The zero-order valence-electron chi connectivity index (χ0n) is 7.55. The molecule has 0 bridgehead atoms. The highest BCUT2D eigenvalue weighted by Gasteiger charge is 2.16. The minimum atomic E-state index is 0.132. The molecule has 0 aliphatic heterocycles. The maximum Gasteiger partial charge on any atom is 0.115 e. The topological polar surface area (TPSA) is 25.8 Å². The van der Waals surface area contributed by atoms with Crippen LogP contribution in [-0.2, 0) is 5.41 Å². The summed E-state index contributed by atoms with van der Waals surface area (Å²) in [5, 5.41) is 0. The van der Waals surface area contributed by atoms with Gasteiger partial charge in [-0.05, 0) is 12.5 Å². The molecule has 0 aliphatic rings. The van der Waals surface area contributed by atoms with Crippen molar-refractivity contribution in [1.29, 1.82) is 0 Å². The summed E-state index contributed by atoms with van der Waals surface area (Å²) in [6.45, 7) is 8.51. The van der Waals surface area contributed by atoms with Crippen molar-refractivity contribution in [2.45, 2.75) is 33.1 Å². The van der Waals surface area contributed by atoms with E-state index in [0.717, 1.165) is 5.69 Å². The predicted octanol–water partition coefficient (Wildman–Crippen LogP) is 2.08. The van der Waals surface area contributed by atoms with Crippen molar-refractivity contribution in [2.75, 3.05) is 0 Å². The van der Waals surface area contributed by atoms with E-state index in [4.69, 9.17) is 0 Å². The molecule has 0 radical (unpaired) electrons. The second kappa shape index (κ2) is 2.61. The highest BCUT2D eigenvalue weighted by atomic mass is 14.8. The summed E-state index contributed by atoms with van der Waals surface area (Å²) >= 11 is 0. The number of aryl methyl sites for hydroxylation is 1. The van der Waals surface area contributed by atoms with Crippen LogP contribution in [-0.4, -0.2) is 9.97 Å². The van der Waals surface area contributed by atoms with Gasteiger partial charge in [-0.25, -0.2) is 9.97 Å². The van der Waals surface area contributed by atoms with Crippen LogP contribution in [0.5, 0.6) is 0 Å². The summed E-state index contributed by atoms with van der Waals surface area (Å²) in [6.07, 6.45) is 3.46. The van der Waals surface area contributed by atoms with Crippen LogP contribution >= 0.6 is 0 Å². The van der Waals surface area contributed by atoms with Crippen LogP contribution in [0.4, 0.5) is 0 Å². The lowest BCUT2D eigenvalue weighted by atomic mass is 9.89. The minimum absolute atomic E-state index is 0.132. The van der Waals surface area contributed by atoms with E-state index < -0.39 is 0 Å². The predicted molar refractivity (Wildman–Crippen MR) is 45.5 cm³/mol. The smallest absolute Gasteiger partial charge is 0.115 e. The Morgan fingerprint density at radius 1 is 1.27 bits per heavy atom. The normalized spacial score (nSPS) is 11.6. The van der Waals surface area contributed by atoms with Crippen molar-refractivity contribution in [3.05, 3.63) is 23.8 Å². The van der Waals surface area contributed by atoms with Gasteiger partial charge in [-0.15, -0.1) is 0 Å². The molecule has 2 nitrogen and oxygen atoms in total. The summed E-state index contributed by atoms with van der Waals surface area (Å²) in [4.78, 5) is 8.19. The van der Waals surface area contributed by atoms with Crippen molar-refractivity contribution in [2.24, 2.45) is 0 Å². The zero-order chi connectivity index (χ0) is 8.48. The highest BCUT2D eigenvalue weighted by Crippen LogP contribution is 2.21. The molecule has 0 amide bonds. The number of hydrogen-bond acceptors (Lipinski definition) is 2. The number of hydrogen-bond donors (Lipinski definition) is 0. The first-order chi connectivity index (χ1) is 5.02. The zero-order valence-corrected chi connectivity index (χ0v) is 7.55. The van der Waals surface area contributed by atoms with Crippen molar-refractivity contribution in [3.8, 4) is 0 Å². The van der Waals surface area contributed by atoms with Gasteiger partial charge in [0.15, 0.2) is 0 Å². The third kappa shape index (κ3) is 1.76. The van der Waals surface area contributed by atoms with Crippen LogP contribution in [0.3, 0.4) is 0 Å². The van der Waals surface area contributed by atoms with Crippen LogP contribution in [0.25, 0.3) is 0 Å². The molecular weight excluding hydrogens is 136 g/mol. The molecule has 0 saturated carbocycles. The number of rotatable bonds is 0. The fourth-order valence-electron chi connectivity index (χ4n) is 1.18. The van der Waals surface area contributed by atoms with E-state index in [-0.39, 0.29) is 5.41 Å². The molecule has 1 aromatic rings. The molecule has 0 aromatic carbocycles. The Labute approximate surface area is 67.7 Å². The van der Waals surface area contributed by atoms with E-state index in [1.165, 1.54) is 5.56 Å². The third-order valence-corrected chi connectivity index (χ3v) is 1.61. The number of nitrogens with zero attached hydrogens (tertiary/aromatic N) is 2. The molecule has 1 rings (SSSR count). The largest absolute Gasteiger partial charge is 0.245 e. The van der Waals surface area contributed by atoms with Gasteiger partial charge >= 0.3 is 0 Å². The molecule has 1 aromatic heterocycles. The lowest BCUT2D eigenvalue weighted by Gasteiger charge is -2.18. The van der Waals surface area contributed by atoms with Crippen LogP contribution in [0.1, 0.15) is 32.0 Å². The summed E-state index contributed by atoms with van der Waals surface area (Å²) in [5.74, 6) is 0. The summed E-state index contributed by atoms with van der Waals surface area (Å²) in [5.41, 5.74) is 2.43. The molecular formula is C9H14N2. The van der Waals surface area contributed by atoms with E-state index >= 15 is 0 Å². The standard InChI is InChI=1S/C9H14N2/c1-7-5-10-6-11-8(7)9(2,3)4/h5-6H,1-4H3. The van der Waals surface area contributed by atoms with E-state index in [2.05, 4.69) is 30.7 Å². The van der Waals surface area contributed by atoms with Gasteiger partial charge in [0.2, 0.25) is 0 Å². The Balaban J connectivity index is 3.14.